The minimum atomic E-state index is -0.593. The molecular weight excluding hydrogens is 372 g/mol. The molecule has 2 rings (SSSR count). The van der Waals surface area contributed by atoms with Crippen molar-refractivity contribution in [1.82, 2.24) is 5.32 Å². The van der Waals surface area contributed by atoms with E-state index in [9.17, 15) is 19.7 Å². The summed E-state index contributed by atoms with van der Waals surface area (Å²) in [5.41, 5.74) is 0.841. The summed E-state index contributed by atoms with van der Waals surface area (Å²) in [4.78, 5) is 34.7. The van der Waals surface area contributed by atoms with Gasteiger partial charge in [-0.2, -0.15) is 0 Å². The number of amides is 1. The van der Waals surface area contributed by atoms with Gasteiger partial charge >= 0.3 is 5.97 Å². The van der Waals surface area contributed by atoms with Gasteiger partial charge in [0, 0.05) is 18.7 Å². The Morgan fingerprint density at radius 3 is 2.52 bits per heavy atom. The van der Waals surface area contributed by atoms with E-state index in [1.807, 2.05) is 30.3 Å². The van der Waals surface area contributed by atoms with Crippen molar-refractivity contribution in [2.45, 2.75) is 13.3 Å². The highest BCUT2D eigenvalue weighted by Crippen LogP contribution is 2.22. The van der Waals surface area contributed by atoms with Crippen LogP contribution in [0.4, 0.5) is 5.69 Å². The van der Waals surface area contributed by atoms with Gasteiger partial charge in [0.1, 0.15) is 0 Å². The second-order valence-corrected chi connectivity index (χ2v) is 6.18. The molecule has 0 bridgehead atoms. The summed E-state index contributed by atoms with van der Waals surface area (Å²) in [6.07, 6.45) is 0.411. The molecule has 0 aromatic heterocycles. The van der Waals surface area contributed by atoms with Crippen LogP contribution in [-0.2, 0) is 16.0 Å². The van der Waals surface area contributed by atoms with Gasteiger partial charge in [0.05, 0.1) is 28.0 Å². The molecule has 0 aliphatic rings. The van der Waals surface area contributed by atoms with Crippen LogP contribution in [0, 0.1) is 16.0 Å². The van der Waals surface area contributed by atoms with Gasteiger partial charge in [-0.05, 0) is 25.0 Å². The van der Waals surface area contributed by atoms with Crippen molar-refractivity contribution in [3.8, 4) is 0 Å². The number of nitro benzene ring substituents is 1. The van der Waals surface area contributed by atoms with Crippen LogP contribution >= 0.6 is 11.6 Å². The van der Waals surface area contributed by atoms with Gasteiger partial charge in [-0.25, -0.2) is 0 Å². The van der Waals surface area contributed by atoms with Gasteiger partial charge in [-0.1, -0.05) is 41.9 Å². The lowest BCUT2D eigenvalue weighted by atomic mass is 9.99. The molecule has 2 aromatic carbocycles. The van der Waals surface area contributed by atoms with E-state index in [-0.39, 0.29) is 29.4 Å². The average molecular weight is 391 g/mol. The van der Waals surface area contributed by atoms with Crippen molar-refractivity contribution in [1.29, 1.82) is 0 Å². The summed E-state index contributed by atoms with van der Waals surface area (Å²) in [6.45, 7) is 2.01. The highest BCUT2D eigenvalue weighted by atomic mass is 35.5. The molecule has 1 amide bonds. The number of hydrogen-bond donors (Lipinski definition) is 1. The molecule has 0 aliphatic heterocycles. The maximum absolute atomic E-state index is 12.4. The molecular formula is C19H19ClN2O5. The van der Waals surface area contributed by atoms with Crippen LogP contribution in [0.15, 0.2) is 48.5 Å². The molecule has 7 nitrogen and oxygen atoms in total. The largest absolute Gasteiger partial charge is 0.466 e. The van der Waals surface area contributed by atoms with E-state index < -0.39 is 22.7 Å². The van der Waals surface area contributed by atoms with Crippen molar-refractivity contribution >= 4 is 29.2 Å². The summed E-state index contributed by atoms with van der Waals surface area (Å²) in [5.74, 6) is -1.48. The van der Waals surface area contributed by atoms with Gasteiger partial charge in [0.25, 0.3) is 11.6 Å². The zero-order valence-electron chi connectivity index (χ0n) is 14.7. The number of nitro groups is 1. The Kier molecular flexibility index (Phi) is 7.31. The second-order valence-electron chi connectivity index (χ2n) is 5.77. The van der Waals surface area contributed by atoms with Crippen LogP contribution in [0.3, 0.4) is 0 Å². The lowest BCUT2D eigenvalue weighted by Gasteiger charge is -2.16. The summed E-state index contributed by atoms with van der Waals surface area (Å²) in [5, 5.41) is 13.4. The van der Waals surface area contributed by atoms with Crippen molar-refractivity contribution in [3.63, 3.8) is 0 Å². The minimum Gasteiger partial charge on any atom is -0.466 e. The van der Waals surface area contributed by atoms with Crippen LogP contribution in [0.25, 0.3) is 0 Å². The Morgan fingerprint density at radius 2 is 1.93 bits per heavy atom. The highest BCUT2D eigenvalue weighted by molar-refractivity contribution is 6.34. The standard InChI is InChI=1S/C19H19ClN2O5/c1-2-27-19(24)14(10-13-6-4-3-5-7-13)12-21-18(23)16-9-8-15(22(25)26)11-17(16)20/h3-9,11,14H,2,10,12H2,1H3,(H,21,23). The molecule has 142 valence electrons. The Balaban J connectivity index is 2.08. The molecule has 8 heteroatoms. The maximum atomic E-state index is 12.4. The van der Waals surface area contributed by atoms with E-state index >= 15 is 0 Å². The van der Waals surface area contributed by atoms with Gasteiger partial charge in [0.15, 0.2) is 0 Å². The number of ether oxygens (including phenoxy) is 1. The van der Waals surface area contributed by atoms with E-state index in [4.69, 9.17) is 16.3 Å². The lowest BCUT2D eigenvalue weighted by Crippen LogP contribution is -2.35. The van der Waals surface area contributed by atoms with E-state index in [0.29, 0.717) is 6.42 Å². The van der Waals surface area contributed by atoms with Crippen LogP contribution in [0.2, 0.25) is 5.02 Å². The number of rotatable bonds is 8. The topological polar surface area (TPSA) is 98.5 Å². The Bertz CT molecular complexity index is 826. The third kappa shape index (κ3) is 5.79. The smallest absolute Gasteiger partial charge is 0.311 e. The highest BCUT2D eigenvalue weighted by Gasteiger charge is 2.22. The zero-order valence-corrected chi connectivity index (χ0v) is 15.4. The molecule has 0 fully saturated rings. The Hall–Kier alpha value is -2.93. The maximum Gasteiger partial charge on any atom is 0.311 e. The first-order chi connectivity index (χ1) is 12.9. The first-order valence-corrected chi connectivity index (χ1v) is 8.72. The lowest BCUT2D eigenvalue weighted by molar-refractivity contribution is -0.384. The summed E-state index contributed by atoms with van der Waals surface area (Å²) < 4.78 is 5.09. The molecule has 1 unspecified atom stereocenters. The van der Waals surface area contributed by atoms with Crippen molar-refractivity contribution < 1.29 is 19.2 Å². The third-order valence-corrected chi connectivity index (χ3v) is 4.17. The summed E-state index contributed by atoms with van der Waals surface area (Å²) in [7, 11) is 0. The molecule has 0 spiro atoms. The van der Waals surface area contributed by atoms with Crippen LogP contribution in [0.5, 0.6) is 0 Å². The molecule has 0 saturated heterocycles. The molecule has 2 aromatic rings. The number of halogens is 1. The number of nitrogens with one attached hydrogen (secondary N) is 1. The predicted octanol–water partition coefficient (Wildman–Crippen LogP) is 3.40. The van der Waals surface area contributed by atoms with E-state index in [0.717, 1.165) is 11.6 Å². The molecule has 1 N–H and O–H groups in total. The minimum absolute atomic E-state index is 0.0301. The van der Waals surface area contributed by atoms with E-state index in [2.05, 4.69) is 5.32 Å². The van der Waals surface area contributed by atoms with Crippen LogP contribution in [-0.4, -0.2) is 30.0 Å². The number of carbonyl (C=O) groups is 2. The monoisotopic (exact) mass is 390 g/mol. The number of esters is 1. The fraction of sp³-hybridized carbons (Fsp3) is 0.263. The van der Waals surface area contributed by atoms with Crippen LogP contribution < -0.4 is 5.32 Å². The van der Waals surface area contributed by atoms with Gasteiger partial charge in [0.2, 0.25) is 0 Å². The first-order valence-electron chi connectivity index (χ1n) is 8.35. The molecule has 27 heavy (non-hydrogen) atoms. The Labute approximate surface area is 161 Å². The second kappa shape index (κ2) is 9.68. The first kappa shape index (κ1) is 20.4. The fourth-order valence-electron chi connectivity index (χ4n) is 2.51. The molecule has 0 radical (unpaired) electrons. The summed E-state index contributed by atoms with van der Waals surface area (Å²) in [6, 6.07) is 13.0. The Morgan fingerprint density at radius 1 is 1.22 bits per heavy atom. The quantitative estimate of drug-likeness (QED) is 0.423. The molecule has 0 heterocycles. The van der Waals surface area contributed by atoms with E-state index in [1.165, 1.54) is 12.1 Å². The van der Waals surface area contributed by atoms with Gasteiger partial charge < -0.3 is 10.1 Å². The number of hydrogen-bond acceptors (Lipinski definition) is 5. The van der Waals surface area contributed by atoms with Crippen molar-refractivity contribution in [2.24, 2.45) is 5.92 Å². The van der Waals surface area contributed by atoms with Crippen molar-refractivity contribution in [3.05, 3.63) is 74.8 Å². The number of carbonyl (C=O) groups excluding carboxylic acids is 2. The zero-order chi connectivity index (χ0) is 19.8. The molecule has 0 aliphatic carbocycles. The SMILES string of the molecule is CCOC(=O)C(CNC(=O)c1ccc([N+](=O)[O-])cc1Cl)Cc1ccccc1. The predicted molar refractivity (Wildman–Crippen MR) is 101 cm³/mol. The summed E-state index contributed by atoms with van der Waals surface area (Å²) >= 11 is 5.97. The van der Waals surface area contributed by atoms with Crippen LogP contribution in [0.1, 0.15) is 22.8 Å². The fourth-order valence-corrected chi connectivity index (χ4v) is 2.77. The normalized spacial score (nSPS) is 11.5. The average Bonchev–Trinajstić information content (AvgIpc) is 2.65. The molecule has 0 saturated carbocycles. The number of benzene rings is 2. The van der Waals surface area contributed by atoms with Gasteiger partial charge in [-0.15, -0.1) is 0 Å². The molecule has 1 atom stereocenters. The van der Waals surface area contributed by atoms with Gasteiger partial charge in [-0.3, -0.25) is 19.7 Å². The third-order valence-electron chi connectivity index (χ3n) is 3.86. The van der Waals surface area contributed by atoms with E-state index in [1.54, 1.807) is 6.92 Å². The number of non-ortho nitro benzene ring substituents is 1. The van der Waals surface area contributed by atoms with Crippen molar-refractivity contribution in [2.75, 3.05) is 13.2 Å². The number of nitrogens with zero attached hydrogens (tertiary/aromatic N) is 1.